The molecule has 0 saturated heterocycles. The van der Waals surface area contributed by atoms with E-state index in [2.05, 4.69) is 50.2 Å². The molecule has 0 aliphatic rings. The lowest BCUT2D eigenvalue weighted by Gasteiger charge is -2.13. The Morgan fingerprint density at radius 3 is 2.75 bits per heavy atom. The minimum absolute atomic E-state index is 0.199. The van der Waals surface area contributed by atoms with E-state index in [0.29, 0.717) is 0 Å². The molecule has 86 valence electrons. The molecule has 0 amide bonds. The molecule has 1 unspecified atom stereocenters. The summed E-state index contributed by atoms with van der Waals surface area (Å²) in [5.74, 6) is 2.80. The van der Waals surface area contributed by atoms with Gasteiger partial charge < -0.3 is 0 Å². The van der Waals surface area contributed by atoms with Crippen molar-refractivity contribution in [1.29, 1.82) is 0 Å². The van der Waals surface area contributed by atoms with Gasteiger partial charge in [0.25, 0.3) is 0 Å². The highest BCUT2D eigenvalue weighted by Crippen LogP contribution is 2.10. The molecule has 0 aliphatic carbocycles. The van der Waals surface area contributed by atoms with Crippen LogP contribution in [0.1, 0.15) is 36.5 Å². The summed E-state index contributed by atoms with van der Waals surface area (Å²) in [5, 5.41) is 3.42. The van der Waals surface area contributed by atoms with Crippen LogP contribution in [0.25, 0.3) is 0 Å². The third-order valence-corrected chi connectivity index (χ3v) is 2.82. The van der Waals surface area contributed by atoms with Gasteiger partial charge in [-0.15, -0.1) is 6.42 Å². The monoisotopic (exact) mass is 215 g/mol. The molecule has 1 N–H and O–H groups in total. The molecule has 0 saturated carbocycles. The van der Waals surface area contributed by atoms with Gasteiger partial charge in [0, 0.05) is 6.54 Å². The third-order valence-electron chi connectivity index (χ3n) is 2.82. The number of hydrogen-bond acceptors (Lipinski definition) is 1. The summed E-state index contributed by atoms with van der Waals surface area (Å²) in [6.07, 6.45) is 7.64. The van der Waals surface area contributed by atoms with Crippen molar-refractivity contribution in [2.45, 2.75) is 46.2 Å². The van der Waals surface area contributed by atoms with Gasteiger partial charge in [-0.1, -0.05) is 43.0 Å². The summed E-state index contributed by atoms with van der Waals surface area (Å²) >= 11 is 0. The van der Waals surface area contributed by atoms with Crippen molar-refractivity contribution in [2.24, 2.45) is 0 Å². The van der Waals surface area contributed by atoms with E-state index in [1.807, 2.05) is 0 Å². The molecule has 0 bridgehead atoms. The van der Waals surface area contributed by atoms with Crippen molar-refractivity contribution in [3.63, 3.8) is 0 Å². The fraction of sp³-hybridized carbons (Fsp3) is 0.467. The Morgan fingerprint density at radius 1 is 1.38 bits per heavy atom. The first-order chi connectivity index (χ1) is 7.67. The van der Waals surface area contributed by atoms with E-state index in [1.165, 1.54) is 16.7 Å². The summed E-state index contributed by atoms with van der Waals surface area (Å²) in [6.45, 7) is 7.28. The minimum Gasteiger partial charge on any atom is -0.300 e. The molecule has 1 nitrogen and oxygen atoms in total. The van der Waals surface area contributed by atoms with E-state index in [-0.39, 0.29) is 6.04 Å². The highest BCUT2D eigenvalue weighted by atomic mass is 14.9. The van der Waals surface area contributed by atoms with Gasteiger partial charge >= 0.3 is 0 Å². The molecule has 0 spiro atoms. The van der Waals surface area contributed by atoms with E-state index in [9.17, 15) is 0 Å². The maximum atomic E-state index is 5.48. The van der Waals surface area contributed by atoms with Gasteiger partial charge in [-0.05, 0) is 31.4 Å². The van der Waals surface area contributed by atoms with Crippen LogP contribution < -0.4 is 5.32 Å². The number of nitrogens with one attached hydrogen (secondary N) is 1. The lowest BCUT2D eigenvalue weighted by Crippen LogP contribution is -2.27. The van der Waals surface area contributed by atoms with Crippen LogP contribution in [0.3, 0.4) is 0 Å². The fourth-order valence-electron chi connectivity index (χ4n) is 1.76. The van der Waals surface area contributed by atoms with Gasteiger partial charge in [0.05, 0.1) is 6.04 Å². The van der Waals surface area contributed by atoms with E-state index < -0.39 is 0 Å². The van der Waals surface area contributed by atoms with E-state index in [1.54, 1.807) is 0 Å². The topological polar surface area (TPSA) is 12.0 Å². The Labute approximate surface area is 99.3 Å². The van der Waals surface area contributed by atoms with Crippen LogP contribution in [0.4, 0.5) is 0 Å². The predicted octanol–water partition coefficient (Wildman–Crippen LogP) is 3.19. The highest BCUT2D eigenvalue weighted by molar-refractivity contribution is 5.30. The number of aryl methyl sites for hydroxylation is 2. The van der Waals surface area contributed by atoms with Crippen molar-refractivity contribution in [3.05, 3.63) is 34.9 Å². The Kier molecular flexibility index (Phi) is 5.08. The van der Waals surface area contributed by atoms with Crippen LogP contribution in [0.2, 0.25) is 0 Å². The second-order valence-electron chi connectivity index (χ2n) is 4.32. The van der Waals surface area contributed by atoms with Crippen LogP contribution >= 0.6 is 0 Å². The van der Waals surface area contributed by atoms with Gasteiger partial charge in [-0.2, -0.15) is 0 Å². The summed E-state index contributed by atoms with van der Waals surface area (Å²) in [5.41, 5.74) is 3.97. The SMILES string of the molecule is C#CC(CCC)NCc1cc(C)ccc1C. The van der Waals surface area contributed by atoms with E-state index >= 15 is 0 Å². The van der Waals surface area contributed by atoms with E-state index in [0.717, 1.165) is 19.4 Å². The standard InChI is InChI=1S/C15H21N/c1-5-7-15(6-2)16-11-14-10-12(3)8-9-13(14)4/h2,8-10,15-16H,5,7,11H2,1,3-4H3. The lowest BCUT2D eigenvalue weighted by atomic mass is 10.0. The number of benzene rings is 1. The molecular formula is C15H21N. The molecule has 1 aromatic carbocycles. The molecule has 0 aliphatic heterocycles. The molecule has 1 rings (SSSR count). The molecule has 0 fully saturated rings. The van der Waals surface area contributed by atoms with Crippen LogP contribution in [0.5, 0.6) is 0 Å². The second-order valence-corrected chi connectivity index (χ2v) is 4.32. The molecule has 0 radical (unpaired) electrons. The maximum absolute atomic E-state index is 5.48. The summed E-state index contributed by atoms with van der Waals surface area (Å²) in [4.78, 5) is 0. The van der Waals surface area contributed by atoms with Crippen LogP contribution in [-0.4, -0.2) is 6.04 Å². The predicted molar refractivity (Wildman–Crippen MR) is 70.3 cm³/mol. The lowest BCUT2D eigenvalue weighted by molar-refractivity contribution is 0.562. The zero-order valence-corrected chi connectivity index (χ0v) is 10.5. The zero-order chi connectivity index (χ0) is 12.0. The van der Waals surface area contributed by atoms with Crippen LogP contribution in [-0.2, 0) is 6.54 Å². The van der Waals surface area contributed by atoms with Gasteiger partial charge in [0.1, 0.15) is 0 Å². The van der Waals surface area contributed by atoms with Gasteiger partial charge in [0.2, 0.25) is 0 Å². The summed E-state index contributed by atoms with van der Waals surface area (Å²) in [6, 6.07) is 6.73. The molecule has 1 heteroatoms. The maximum Gasteiger partial charge on any atom is 0.0689 e. The van der Waals surface area contributed by atoms with Crippen LogP contribution in [0, 0.1) is 26.2 Å². The first-order valence-corrected chi connectivity index (χ1v) is 5.93. The number of rotatable bonds is 5. The molecule has 1 atom stereocenters. The van der Waals surface area contributed by atoms with Gasteiger partial charge in [-0.3, -0.25) is 5.32 Å². The van der Waals surface area contributed by atoms with Crippen LogP contribution in [0.15, 0.2) is 18.2 Å². The first kappa shape index (κ1) is 12.8. The van der Waals surface area contributed by atoms with Crippen molar-refractivity contribution in [2.75, 3.05) is 0 Å². The Balaban J connectivity index is 2.60. The quantitative estimate of drug-likeness (QED) is 0.744. The fourth-order valence-corrected chi connectivity index (χ4v) is 1.76. The molecule has 16 heavy (non-hydrogen) atoms. The minimum atomic E-state index is 0.199. The molecule has 1 aromatic rings. The summed E-state index contributed by atoms with van der Waals surface area (Å²) in [7, 11) is 0. The first-order valence-electron chi connectivity index (χ1n) is 5.93. The number of terminal acetylenes is 1. The smallest absolute Gasteiger partial charge is 0.0689 e. The van der Waals surface area contributed by atoms with Crippen molar-refractivity contribution in [3.8, 4) is 12.3 Å². The molecule has 0 heterocycles. The molecule has 0 aromatic heterocycles. The highest BCUT2D eigenvalue weighted by Gasteiger charge is 2.04. The normalized spacial score (nSPS) is 12.1. The Hall–Kier alpha value is -1.26. The van der Waals surface area contributed by atoms with Gasteiger partial charge in [0.15, 0.2) is 0 Å². The zero-order valence-electron chi connectivity index (χ0n) is 10.5. The average Bonchev–Trinajstić information content (AvgIpc) is 2.28. The summed E-state index contributed by atoms with van der Waals surface area (Å²) < 4.78 is 0. The molecular weight excluding hydrogens is 194 g/mol. The third kappa shape index (κ3) is 3.72. The van der Waals surface area contributed by atoms with Gasteiger partial charge in [-0.25, -0.2) is 0 Å². The van der Waals surface area contributed by atoms with E-state index in [4.69, 9.17) is 6.42 Å². The van der Waals surface area contributed by atoms with Crippen molar-refractivity contribution >= 4 is 0 Å². The van der Waals surface area contributed by atoms with Crippen molar-refractivity contribution in [1.82, 2.24) is 5.32 Å². The largest absolute Gasteiger partial charge is 0.300 e. The second kappa shape index (κ2) is 6.35. The average molecular weight is 215 g/mol. The van der Waals surface area contributed by atoms with Crippen molar-refractivity contribution < 1.29 is 0 Å². The Morgan fingerprint density at radius 2 is 2.12 bits per heavy atom. The number of hydrogen-bond donors (Lipinski definition) is 1. The Bertz CT molecular complexity index is 374.